The third-order valence-electron chi connectivity index (χ3n) is 4.45. The summed E-state index contributed by atoms with van der Waals surface area (Å²) in [5, 5.41) is 2.82. The molecule has 0 spiro atoms. The fourth-order valence-corrected chi connectivity index (χ4v) is 3.58. The van der Waals surface area contributed by atoms with Crippen molar-refractivity contribution in [3.05, 3.63) is 96.1 Å². The summed E-state index contributed by atoms with van der Waals surface area (Å²) < 4.78 is 31.1. The highest BCUT2D eigenvalue weighted by Crippen LogP contribution is 2.21. The second-order valence-corrected chi connectivity index (χ2v) is 9.12. The Bertz CT molecular complexity index is 1140. The molecular formula is C24H24N2O4S. The van der Waals surface area contributed by atoms with Gasteiger partial charge in [-0.2, -0.15) is 0 Å². The third kappa shape index (κ3) is 6.28. The van der Waals surface area contributed by atoms with Crippen LogP contribution in [0.5, 0.6) is 11.5 Å². The molecule has 160 valence electrons. The molecular weight excluding hydrogens is 412 g/mol. The number of amides is 1. The van der Waals surface area contributed by atoms with Crippen molar-refractivity contribution in [2.75, 3.05) is 14.1 Å². The fraction of sp³-hybridized carbons (Fsp3) is 0.125. The predicted octanol–water partition coefficient (Wildman–Crippen LogP) is 4.06. The standard InChI is InChI=1S/C24H24N2O4S/c1-26(2)31(28,29)23-15-10-19(11-16-23)12-17-24(27)25-18-20-8-13-22(14-9-20)30-21-6-4-3-5-7-21/h3-17H,18H2,1-2H3,(H,25,27). The van der Waals surface area contributed by atoms with Crippen LogP contribution in [0, 0.1) is 0 Å². The first-order chi connectivity index (χ1) is 14.8. The summed E-state index contributed by atoms with van der Waals surface area (Å²) in [5.74, 6) is 1.25. The molecule has 0 atom stereocenters. The van der Waals surface area contributed by atoms with Crippen molar-refractivity contribution in [1.82, 2.24) is 9.62 Å². The maximum absolute atomic E-state index is 12.1. The van der Waals surface area contributed by atoms with E-state index in [9.17, 15) is 13.2 Å². The molecule has 3 rings (SSSR count). The molecule has 3 aromatic carbocycles. The lowest BCUT2D eigenvalue weighted by atomic mass is 10.2. The molecule has 0 aromatic heterocycles. The van der Waals surface area contributed by atoms with E-state index in [4.69, 9.17) is 4.74 Å². The van der Waals surface area contributed by atoms with Gasteiger partial charge < -0.3 is 10.1 Å². The summed E-state index contributed by atoms with van der Waals surface area (Å²) in [7, 11) is -0.497. The van der Waals surface area contributed by atoms with Crippen LogP contribution in [0.1, 0.15) is 11.1 Å². The Hall–Kier alpha value is -3.42. The summed E-state index contributed by atoms with van der Waals surface area (Å²) in [5.41, 5.74) is 1.68. The van der Waals surface area contributed by atoms with Crippen LogP contribution in [0.3, 0.4) is 0 Å². The van der Waals surface area contributed by atoms with Crippen molar-refractivity contribution in [3.63, 3.8) is 0 Å². The van der Waals surface area contributed by atoms with E-state index in [1.807, 2.05) is 54.6 Å². The molecule has 0 aliphatic heterocycles. The molecule has 6 nitrogen and oxygen atoms in total. The van der Waals surface area contributed by atoms with Gasteiger partial charge in [0.1, 0.15) is 11.5 Å². The van der Waals surface area contributed by atoms with Gasteiger partial charge in [-0.3, -0.25) is 4.79 Å². The van der Waals surface area contributed by atoms with Crippen LogP contribution in [0.25, 0.3) is 6.08 Å². The van der Waals surface area contributed by atoms with E-state index >= 15 is 0 Å². The first-order valence-electron chi connectivity index (χ1n) is 9.65. The number of benzene rings is 3. The van der Waals surface area contributed by atoms with E-state index in [1.165, 1.54) is 32.3 Å². The largest absolute Gasteiger partial charge is 0.457 e. The molecule has 1 amide bonds. The van der Waals surface area contributed by atoms with E-state index in [0.717, 1.165) is 26.9 Å². The van der Waals surface area contributed by atoms with Gasteiger partial charge in [0.05, 0.1) is 4.90 Å². The lowest BCUT2D eigenvalue weighted by Crippen LogP contribution is -2.22. The van der Waals surface area contributed by atoms with Gasteiger partial charge in [0.2, 0.25) is 15.9 Å². The van der Waals surface area contributed by atoms with E-state index < -0.39 is 10.0 Å². The highest BCUT2D eigenvalue weighted by molar-refractivity contribution is 7.89. The number of sulfonamides is 1. The second-order valence-electron chi connectivity index (χ2n) is 6.97. The van der Waals surface area contributed by atoms with E-state index in [2.05, 4.69) is 5.32 Å². The molecule has 0 aliphatic carbocycles. The van der Waals surface area contributed by atoms with Crippen LogP contribution >= 0.6 is 0 Å². The summed E-state index contributed by atoms with van der Waals surface area (Å²) in [4.78, 5) is 12.3. The zero-order valence-electron chi connectivity index (χ0n) is 17.4. The number of para-hydroxylation sites is 1. The van der Waals surface area contributed by atoms with E-state index in [-0.39, 0.29) is 10.8 Å². The second kappa shape index (κ2) is 10.1. The fourth-order valence-electron chi connectivity index (χ4n) is 2.68. The monoisotopic (exact) mass is 436 g/mol. The topological polar surface area (TPSA) is 75.7 Å². The van der Waals surface area contributed by atoms with Crippen molar-refractivity contribution in [2.24, 2.45) is 0 Å². The number of nitrogens with one attached hydrogen (secondary N) is 1. The van der Waals surface area contributed by atoms with Gasteiger partial charge >= 0.3 is 0 Å². The van der Waals surface area contributed by atoms with Crippen molar-refractivity contribution >= 4 is 22.0 Å². The highest BCUT2D eigenvalue weighted by atomic mass is 32.2. The van der Waals surface area contributed by atoms with Crippen LogP contribution in [0.4, 0.5) is 0 Å². The molecule has 3 aromatic rings. The smallest absolute Gasteiger partial charge is 0.244 e. The molecule has 31 heavy (non-hydrogen) atoms. The van der Waals surface area contributed by atoms with Crippen molar-refractivity contribution < 1.29 is 17.9 Å². The number of carbonyl (C=O) groups excluding carboxylic acids is 1. The van der Waals surface area contributed by atoms with Gasteiger partial charge in [-0.05, 0) is 53.6 Å². The van der Waals surface area contributed by atoms with Crippen LogP contribution in [0.2, 0.25) is 0 Å². The SMILES string of the molecule is CN(C)S(=O)(=O)c1ccc(C=CC(=O)NCc2ccc(Oc3ccccc3)cc2)cc1. The number of hydrogen-bond donors (Lipinski definition) is 1. The van der Waals surface area contributed by atoms with Gasteiger partial charge in [-0.1, -0.05) is 42.5 Å². The predicted molar refractivity (Wildman–Crippen MR) is 121 cm³/mol. The minimum atomic E-state index is -3.46. The van der Waals surface area contributed by atoms with Crippen LogP contribution in [-0.2, 0) is 21.4 Å². The van der Waals surface area contributed by atoms with E-state index in [1.54, 1.807) is 18.2 Å². The van der Waals surface area contributed by atoms with Crippen molar-refractivity contribution in [3.8, 4) is 11.5 Å². The molecule has 0 aliphatic rings. The molecule has 0 bridgehead atoms. The zero-order valence-corrected chi connectivity index (χ0v) is 18.2. The first kappa shape index (κ1) is 22.3. The number of carbonyl (C=O) groups is 1. The molecule has 1 N–H and O–H groups in total. The lowest BCUT2D eigenvalue weighted by molar-refractivity contribution is -0.116. The molecule has 0 saturated heterocycles. The molecule has 0 unspecified atom stereocenters. The van der Waals surface area contributed by atoms with Gasteiger partial charge in [-0.25, -0.2) is 12.7 Å². The number of nitrogens with zero attached hydrogens (tertiary/aromatic N) is 1. The van der Waals surface area contributed by atoms with Gasteiger partial charge in [0.25, 0.3) is 0 Å². The minimum absolute atomic E-state index is 0.207. The Morgan fingerprint density at radius 3 is 2.13 bits per heavy atom. The van der Waals surface area contributed by atoms with Crippen LogP contribution in [-0.4, -0.2) is 32.7 Å². The quantitative estimate of drug-likeness (QED) is 0.541. The maximum Gasteiger partial charge on any atom is 0.244 e. The molecule has 0 fully saturated rings. The maximum atomic E-state index is 12.1. The molecule has 0 heterocycles. The van der Waals surface area contributed by atoms with Crippen molar-refractivity contribution in [2.45, 2.75) is 11.4 Å². The minimum Gasteiger partial charge on any atom is -0.457 e. The summed E-state index contributed by atoms with van der Waals surface area (Å²) in [6, 6.07) is 23.4. The van der Waals surface area contributed by atoms with Gasteiger partial charge in [0.15, 0.2) is 0 Å². The zero-order chi connectivity index (χ0) is 22.3. The van der Waals surface area contributed by atoms with Gasteiger partial charge in [-0.15, -0.1) is 0 Å². The lowest BCUT2D eigenvalue weighted by Gasteiger charge is -2.11. The number of hydrogen-bond acceptors (Lipinski definition) is 4. The summed E-state index contributed by atoms with van der Waals surface area (Å²) in [6.07, 6.45) is 3.06. The Morgan fingerprint density at radius 1 is 0.903 bits per heavy atom. The Morgan fingerprint density at radius 2 is 1.52 bits per heavy atom. The average Bonchev–Trinajstić information content (AvgIpc) is 2.78. The Labute approximate surface area is 182 Å². The molecule has 7 heteroatoms. The van der Waals surface area contributed by atoms with Gasteiger partial charge in [0, 0.05) is 26.7 Å². The number of ether oxygens (including phenoxy) is 1. The molecule has 0 radical (unpaired) electrons. The number of rotatable bonds is 8. The van der Waals surface area contributed by atoms with E-state index in [0.29, 0.717) is 6.54 Å². The summed E-state index contributed by atoms with van der Waals surface area (Å²) >= 11 is 0. The third-order valence-corrected chi connectivity index (χ3v) is 6.28. The van der Waals surface area contributed by atoms with Crippen LogP contribution < -0.4 is 10.1 Å². The normalized spacial score (nSPS) is 11.6. The first-order valence-corrected chi connectivity index (χ1v) is 11.1. The van der Waals surface area contributed by atoms with Crippen molar-refractivity contribution in [1.29, 1.82) is 0 Å². The molecule has 0 saturated carbocycles. The Kier molecular flexibility index (Phi) is 7.23. The summed E-state index contributed by atoms with van der Waals surface area (Å²) in [6.45, 7) is 0.384. The Balaban J connectivity index is 1.51. The highest BCUT2D eigenvalue weighted by Gasteiger charge is 2.16. The average molecular weight is 437 g/mol. The van der Waals surface area contributed by atoms with Crippen LogP contribution in [0.15, 0.2) is 89.8 Å².